The molecule has 1 saturated carbocycles. The Bertz CT molecular complexity index is 313. The molecule has 0 atom stereocenters. The molecule has 0 radical (unpaired) electrons. The number of rotatable bonds is 6. The molecule has 0 amide bonds. The van der Waals surface area contributed by atoms with Crippen molar-refractivity contribution >= 4 is 0 Å². The lowest BCUT2D eigenvalue weighted by Crippen LogP contribution is -2.34. The summed E-state index contributed by atoms with van der Waals surface area (Å²) in [5.74, 6) is 0. The van der Waals surface area contributed by atoms with E-state index in [9.17, 15) is 0 Å². The normalized spacial score (nSPS) is 29.0. The number of allylic oxidation sites excluding steroid dienone is 1. The molecule has 0 bridgehead atoms. The second-order valence-corrected chi connectivity index (χ2v) is 6.42. The molecule has 1 heteroatoms. The van der Waals surface area contributed by atoms with Crippen LogP contribution in [0, 0.1) is 22.2 Å². The number of nitriles is 1. The van der Waals surface area contributed by atoms with E-state index in [1.807, 2.05) is 0 Å². The minimum absolute atomic E-state index is 0.487. The van der Waals surface area contributed by atoms with E-state index in [1.165, 1.54) is 70.3 Å². The van der Waals surface area contributed by atoms with Crippen LogP contribution in [0.5, 0.6) is 0 Å². The lowest BCUT2D eigenvalue weighted by Gasteiger charge is -2.47. The molecule has 0 aliphatic heterocycles. The van der Waals surface area contributed by atoms with Gasteiger partial charge in [-0.2, -0.15) is 5.26 Å². The zero-order chi connectivity index (χ0) is 15.6. The van der Waals surface area contributed by atoms with Crippen LogP contribution in [0.2, 0.25) is 0 Å². The minimum Gasteiger partial charge on any atom is -0.199 e. The van der Waals surface area contributed by atoms with Crippen LogP contribution >= 0.6 is 0 Å². The second-order valence-electron chi connectivity index (χ2n) is 6.42. The lowest BCUT2D eigenvalue weighted by atomic mass is 9.58. The van der Waals surface area contributed by atoms with Crippen LogP contribution in [-0.4, -0.2) is 0 Å². The summed E-state index contributed by atoms with van der Waals surface area (Å²) in [4.78, 5) is 0. The molecule has 1 fully saturated rings. The molecule has 0 N–H and O–H groups in total. The van der Waals surface area contributed by atoms with E-state index in [1.54, 1.807) is 6.07 Å². The first-order chi connectivity index (χ1) is 9.49. The summed E-state index contributed by atoms with van der Waals surface area (Å²) >= 11 is 0. The topological polar surface area (TPSA) is 23.8 Å². The molecular formula is C19H35N. The summed E-state index contributed by atoms with van der Waals surface area (Å²) in [5.41, 5.74) is 2.67. The molecule has 0 aromatic heterocycles. The highest BCUT2D eigenvalue weighted by molar-refractivity contribution is 5.12. The van der Waals surface area contributed by atoms with E-state index in [0.29, 0.717) is 10.8 Å². The summed E-state index contributed by atoms with van der Waals surface area (Å²) in [7, 11) is 0. The van der Waals surface area contributed by atoms with Gasteiger partial charge in [0.25, 0.3) is 0 Å². The third-order valence-electron chi connectivity index (χ3n) is 5.65. The molecule has 116 valence electrons. The van der Waals surface area contributed by atoms with Crippen molar-refractivity contribution in [2.75, 3.05) is 0 Å². The first-order valence-electron chi connectivity index (χ1n) is 8.48. The van der Waals surface area contributed by atoms with Crippen LogP contribution in [0.1, 0.15) is 92.4 Å². The van der Waals surface area contributed by atoms with Gasteiger partial charge in [-0.3, -0.25) is 0 Å². The van der Waals surface area contributed by atoms with Gasteiger partial charge in [0.2, 0.25) is 0 Å². The van der Waals surface area contributed by atoms with Gasteiger partial charge in [-0.15, -0.1) is 0 Å². The predicted molar refractivity (Wildman–Crippen MR) is 89.5 cm³/mol. The maximum atomic E-state index is 7.32. The fourth-order valence-electron chi connectivity index (χ4n) is 3.90. The molecule has 0 saturated heterocycles. The zero-order valence-corrected chi connectivity index (χ0v) is 14.5. The molecule has 0 unspecified atom stereocenters. The Morgan fingerprint density at radius 3 is 1.85 bits per heavy atom. The monoisotopic (exact) mass is 277 g/mol. The molecule has 1 rings (SSSR count). The Balaban J connectivity index is 0.00000110. The van der Waals surface area contributed by atoms with Gasteiger partial charge in [-0.1, -0.05) is 52.7 Å². The number of hydrogen-bond donors (Lipinski definition) is 0. The minimum atomic E-state index is 0.487. The average molecular weight is 277 g/mol. The zero-order valence-electron chi connectivity index (χ0n) is 14.5. The Kier molecular flexibility index (Phi) is 8.86. The van der Waals surface area contributed by atoms with Crippen molar-refractivity contribution in [1.29, 1.82) is 5.26 Å². The maximum Gasteiger partial charge on any atom is 0.0587 e. The largest absolute Gasteiger partial charge is 0.199 e. The first kappa shape index (κ1) is 19.2. The fourth-order valence-corrected chi connectivity index (χ4v) is 3.90. The smallest absolute Gasteiger partial charge is 0.0587 e. The third kappa shape index (κ3) is 4.65. The summed E-state index contributed by atoms with van der Waals surface area (Å²) in [6.45, 7) is 15.2. The molecule has 1 aliphatic rings. The van der Waals surface area contributed by atoms with E-state index >= 15 is 0 Å². The molecule has 20 heavy (non-hydrogen) atoms. The Morgan fingerprint density at radius 1 is 1.05 bits per heavy atom. The maximum absolute atomic E-state index is 7.32. The van der Waals surface area contributed by atoms with Crippen LogP contribution in [0.3, 0.4) is 0 Å². The van der Waals surface area contributed by atoms with Gasteiger partial charge in [-0.05, 0) is 55.8 Å². The molecule has 1 nitrogen and oxygen atoms in total. The van der Waals surface area contributed by atoms with Crippen molar-refractivity contribution < 1.29 is 0 Å². The number of hydrogen-bond acceptors (Lipinski definition) is 1. The van der Waals surface area contributed by atoms with Gasteiger partial charge >= 0.3 is 0 Å². The summed E-state index contributed by atoms with van der Waals surface area (Å²) in [5, 5.41) is 7.32. The Labute approximate surface area is 127 Å². The van der Waals surface area contributed by atoms with Crippen molar-refractivity contribution in [3.63, 3.8) is 0 Å². The van der Waals surface area contributed by atoms with E-state index in [0.717, 1.165) is 0 Å². The van der Waals surface area contributed by atoms with Crippen molar-refractivity contribution in [1.82, 2.24) is 0 Å². The average Bonchev–Trinajstić information content (AvgIpc) is 2.48. The highest BCUT2D eigenvalue weighted by Gasteiger charge is 2.41. The Morgan fingerprint density at radius 2 is 1.55 bits per heavy atom. The van der Waals surface area contributed by atoms with Gasteiger partial charge in [0, 0.05) is 6.92 Å². The van der Waals surface area contributed by atoms with Crippen molar-refractivity contribution in [3.05, 3.63) is 12.2 Å². The summed E-state index contributed by atoms with van der Waals surface area (Å²) in [6.07, 6.45) is 12.3. The Hall–Kier alpha value is -0.770. The predicted octanol–water partition coefficient (Wildman–Crippen LogP) is 6.65. The van der Waals surface area contributed by atoms with Gasteiger partial charge in [0.05, 0.1) is 6.07 Å². The highest BCUT2D eigenvalue weighted by atomic mass is 14.5. The van der Waals surface area contributed by atoms with Gasteiger partial charge < -0.3 is 0 Å². The molecular weight excluding hydrogens is 242 g/mol. The summed E-state index contributed by atoms with van der Waals surface area (Å²) < 4.78 is 0. The SMILES string of the molecule is C=C(CC)C1(CC)CCC(CC)(CCC)CC1.CC#N. The third-order valence-corrected chi connectivity index (χ3v) is 5.65. The standard InChI is InChI=1S/C17H32.C2H3N/c1-6-10-16(8-3)11-13-17(9-4,14-12-16)15(5)7-2;1-2-3/h5-14H2,1-4H3;1H3. The van der Waals surface area contributed by atoms with Gasteiger partial charge in [-0.25, -0.2) is 0 Å². The van der Waals surface area contributed by atoms with Gasteiger partial charge in [0.15, 0.2) is 0 Å². The van der Waals surface area contributed by atoms with Crippen LogP contribution in [0.15, 0.2) is 12.2 Å². The van der Waals surface area contributed by atoms with Crippen LogP contribution in [-0.2, 0) is 0 Å². The van der Waals surface area contributed by atoms with E-state index in [-0.39, 0.29) is 0 Å². The van der Waals surface area contributed by atoms with Crippen LogP contribution in [0.25, 0.3) is 0 Å². The lowest BCUT2D eigenvalue weighted by molar-refractivity contribution is 0.0828. The quantitative estimate of drug-likeness (QED) is 0.499. The molecule has 0 heterocycles. The van der Waals surface area contributed by atoms with E-state index in [2.05, 4.69) is 34.3 Å². The van der Waals surface area contributed by atoms with Crippen molar-refractivity contribution in [2.24, 2.45) is 10.8 Å². The highest BCUT2D eigenvalue weighted by Crippen LogP contribution is 2.54. The van der Waals surface area contributed by atoms with Crippen LogP contribution < -0.4 is 0 Å². The van der Waals surface area contributed by atoms with E-state index < -0.39 is 0 Å². The molecule has 0 spiro atoms. The fraction of sp³-hybridized carbons (Fsp3) is 0.842. The first-order valence-corrected chi connectivity index (χ1v) is 8.48. The summed E-state index contributed by atoms with van der Waals surface area (Å²) in [6, 6.07) is 1.75. The van der Waals surface area contributed by atoms with E-state index in [4.69, 9.17) is 5.26 Å². The molecule has 0 aromatic carbocycles. The van der Waals surface area contributed by atoms with Crippen molar-refractivity contribution in [3.8, 4) is 6.07 Å². The second kappa shape index (κ2) is 9.22. The van der Waals surface area contributed by atoms with Crippen molar-refractivity contribution in [2.45, 2.75) is 92.4 Å². The van der Waals surface area contributed by atoms with Gasteiger partial charge in [0.1, 0.15) is 0 Å². The molecule has 0 aromatic rings. The molecule has 1 aliphatic carbocycles. The van der Waals surface area contributed by atoms with Crippen LogP contribution in [0.4, 0.5) is 0 Å². The number of nitrogens with zero attached hydrogens (tertiary/aromatic N) is 1.